The summed E-state index contributed by atoms with van der Waals surface area (Å²) in [7, 11) is 0. The summed E-state index contributed by atoms with van der Waals surface area (Å²) in [5, 5.41) is 8.89. The molecule has 8 heteroatoms. The fraction of sp³-hybridized carbons (Fsp3) is 0.381. The van der Waals surface area contributed by atoms with E-state index >= 15 is 0 Å². The van der Waals surface area contributed by atoms with Crippen LogP contribution in [0.3, 0.4) is 0 Å². The molecule has 0 radical (unpaired) electrons. The van der Waals surface area contributed by atoms with E-state index in [1.54, 1.807) is 37.3 Å². The van der Waals surface area contributed by atoms with E-state index in [1.807, 2.05) is 4.90 Å². The Labute approximate surface area is 169 Å². The van der Waals surface area contributed by atoms with Gasteiger partial charge in [-0.25, -0.2) is 0 Å². The predicted octanol–water partition coefficient (Wildman–Crippen LogP) is 3.70. The van der Waals surface area contributed by atoms with Crippen molar-refractivity contribution in [3.63, 3.8) is 0 Å². The minimum absolute atomic E-state index is 0.0208. The summed E-state index contributed by atoms with van der Waals surface area (Å²) in [6, 6.07) is 7.11. The second-order valence-corrected chi connectivity index (χ2v) is 6.30. The molecular weight excluding hydrogens is 385 g/mol. The van der Waals surface area contributed by atoms with Crippen molar-refractivity contribution in [1.29, 1.82) is 0 Å². The second-order valence-electron chi connectivity index (χ2n) is 6.30. The van der Waals surface area contributed by atoms with Crippen LogP contribution in [0.4, 0.5) is 13.2 Å². The van der Waals surface area contributed by atoms with Gasteiger partial charge < -0.3 is 20.5 Å². The highest BCUT2D eigenvalue weighted by Gasteiger charge is 2.33. The number of hydrogen-bond donors (Lipinski definition) is 2. The van der Waals surface area contributed by atoms with E-state index < -0.39 is 11.7 Å². The third-order valence-electron chi connectivity index (χ3n) is 4.09. The monoisotopic (exact) mass is 412 g/mol. The number of alkyl halides is 3. The Morgan fingerprint density at radius 3 is 2.34 bits per heavy atom. The molecule has 0 aliphatic carbocycles. The highest BCUT2D eigenvalue weighted by atomic mass is 19.4. The Balaban J connectivity index is 0.000000311. The van der Waals surface area contributed by atoms with Gasteiger partial charge in [-0.2, -0.15) is 13.2 Å². The molecule has 1 aliphatic heterocycles. The fourth-order valence-corrected chi connectivity index (χ4v) is 2.36. The number of halogens is 3. The zero-order chi connectivity index (χ0) is 21.9. The van der Waals surface area contributed by atoms with Gasteiger partial charge in [0.05, 0.1) is 12.2 Å². The number of aliphatic hydroxyl groups excluding tert-OH is 1. The van der Waals surface area contributed by atoms with Crippen LogP contribution in [0.25, 0.3) is 0 Å². The van der Waals surface area contributed by atoms with E-state index in [0.717, 1.165) is 37.6 Å². The SMILES string of the molecule is C=C(/C(N)=C\C=C/C)C(F)(F)F.O=C(COc1ccc(CO)cc1)N1CCCC1. The first-order valence-corrected chi connectivity index (χ1v) is 9.14. The molecule has 1 amide bonds. The Morgan fingerprint density at radius 2 is 1.86 bits per heavy atom. The standard InChI is InChI=1S/C13H17NO3.C8H10F3N/c15-9-11-3-5-12(6-4-11)17-10-13(16)14-7-1-2-8-14;1-3-4-5-7(12)6(2)8(9,10)11/h3-6,15H,1-2,7-10H2;3-5H,2,12H2,1H3/b;4-3-,7-5+. The van der Waals surface area contributed by atoms with E-state index in [1.165, 1.54) is 6.08 Å². The molecule has 0 aromatic heterocycles. The van der Waals surface area contributed by atoms with Gasteiger partial charge in [-0.05, 0) is 43.5 Å². The number of benzene rings is 1. The van der Waals surface area contributed by atoms with E-state index in [-0.39, 0.29) is 24.8 Å². The molecule has 3 N–H and O–H groups in total. The summed E-state index contributed by atoms with van der Waals surface area (Å²) < 4.78 is 41.1. The summed E-state index contributed by atoms with van der Waals surface area (Å²) in [6.45, 7) is 6.33. The van der Waals surface area contributed by atoms with Crippen molar-refractivity contribution in [1.82, 2.24) is 4.90 Å². The molecule has 2 rings (SSSR count). The molecule has 1 aliphatic rings. The highest BCUT2D eigenvalue weighted by Crippen LogP contribution is 2.27. The molecule has 0 spiro atoms. The lowest BCUT2D eigenvalue weighted by Gasteiger charge is -2.15. The van der Waals surface area contributed by atoms with E-state index in [0.29, 0.717) is 5.75 Å². The number of allylic oxidation sites excluding steroid dienone is 4. The third-order valence-corrected chi connectivity index (χ3v) is 4.09. The minimum atomic E-state index is -4.44. The summed E-state index contributed by atoms with van der Waals surface area (Å²) in [4.78, 5) is 13.5. The van der Waals surface area contributed by atoms with Crippen LogP contribution in [0.2, 0.25) is 0 Å². The molecule has 29 heavy (non-hydrogen) atoms. The number of rotatable bonds is 6. The molecule has 0 saturated carbocycles. The van der Waals surface area contributed by atoms with Gasteiger partial charge in [0, 0.05) is 18.8 Å². The second kappa shape index (κ2) is 12.0. The van der Waals surface area contributed by atoms with Gasteiger partial charge in [0.25, 0.3) is 5.91 Å². The fourth-order valence-electron chi connectivity index (χ4n) is 2.36. The maximum atomic E-state index is 11.9. The number of nitrogens with two attached hydrogens (primary N) is 1. The van der Waals surface area contributed by atoms with Crippen LogP contribution < -0.4 is 10.5 Å². The number of carbonyl (C=O) groups is 1. The molecule has 0 unspecified atom stereocenters. The first-order valence-electron chi connectivity index (χ1n) is 9.14. The zero-order valence-electron chi connectivity index (χ0n) is 16.4. The Kier molecular flexibility index (Phi) is 10.0. The van der Waals surface area contributed by atoms with Crippen LogP contribution in [-0.4, -0.2) is 41.8 Å². The van der Waals surface area contributed by atoms with Crippen LogP contribution in [0, 0.1) is 0 Å². The predicted molar refractivity (Wildman–Crippen MR) is 106 cm³/mol. The molecule has 1 fully saturated rings. The molecule has 0 bridgehead atoms. The number of aliphatic hydroxyl groups is 1. The van der Waals surface area contributed by atoms with Gasteiger partial charge in [-0.3, -0.25) is 4.79 Å². The van der Waals surface area contributed by atoms with Crippen molar-refractivity contribution in [3.8, 4) is 5.75 Å². The maximum Gasteiger partial charge on any atom is 0.417 e. The first kappa shape index (κ1) is 24.3. The molecule has 5 nitrogen and oxygen atoms in total. The van der Waals surface area contributed by atoms with Crippen molar-refractivity contribution in [2.75, 3.05) is 19.7 Å². The number of carbonyl (C=O) groups excluding carboxylic acids is 1. The van der Waals surface area contributed by atoms with Gasteiger partial charge in [-0.15, -0.1) is 0 Å². The molecular formula is C21H27F3N2O3. The third kappa shape index (κ3) is 8.87. The number of ether oxygens (including phenoxy) is 1. The topological polar surface area (TPSA) is 75.8 Å². The van der Waals surface area contributed by atoms with Crippen molar-refractivity contribution in [2.45, 2.75) is 32.5 Å². The quantitative estimate of drug-likeness (QED) is 0.699. The average Bonchev–Trinajstić information content (AvgIpc) is 3.24. The Bertz CT molecular complexity index is 720. The summed E-state index contributed by atoms with van der Waals surface area (Å²) in [5.41, 5.74) is 4.54. The number of likely N-dealkylation sites (tertiary alicyclic amines) is 1. The summed E-state index contributed by atoms with van der Waals surface area (Å²) >= 11 is 0. The molecule has 1 aromatic rings. The number of nitrogens with zero attached hydrogens (tertiary/aromatic N) is 1. The largest absolute Gasteiger partial charge is 0.484 e. The minimum Gasteiger partial charge on any atom is -0.484 e. The van der Waals surface area contributed by atoms with Crippen LogP contribution >= 0.6 is 0 Å². The average molecular weight is 412 g/mol. The van der Waals surface area contributed by atoms with Gasteiger partial charge in [0.2, 0.25) is 0 Å². The van der Waals surface area contributed by atoms with E-state index in [4.69, 9.17) is 15.6 Å². The van der Waals surface area contributed by atoms with Gasteiger partial charge >= 0.3 is 6.18 Å². The highest BCUT2D eigenvalue weighted by molar-refractivity contribution is 5.78. The first-order chi connectivity index (χ1) is 13.7. The van der Waals surface area contributed by atoms with E-state index in [2.05, 4.69) is 6.58 Å². The normalized spacial score (nSPS) is 14.5. The molecule has 1 heterocycles. The van der Waals surface area contributed by atoms with Crippen molar-refractivity contribution < 1.29 is 27.8 Å². The number of amides is 1. The Hall–Kier alpha value is -2.74. The van der Waals surface area contributed by atoms with Crippen LogP contribution in [-0.2, 0) is 11.4 Å². The molecule has 1 saturated heterocycles. The summed E-state index contributed by atoms with van der Waals surface area (Å²) in [6.07, 6.45) is 1.91. The molecule has 160 valence electrons. The van der Waals surface area contributed by atoms with Crippen molar-refractivity contribution >= 4 is 5.91 Å². The van der Waals surface area contributed by atoms with Crippen molar-refractivity contribution in [2.24, 2.45) is 5.73 Å². The van der Waals surface area contributed by atoms with Crippen LogP contribution in [0.5, 0.6) is 5.75 Å². The van der Waals surface area contributed by atoms with Gasteiger partial charge in [0.15, 0.2) is 6.61 Å². The lowest BCUT2D eigenvalue weighted by atomic mass is 10.2. The number of hydrogen-bond acceptors (Lipinski definition) is 4. The lowest BCUT2D eigenvalue weighted by molar-refractivity contribution is -0.132. The summed E-state index contributed by atoms with van der Waals surface area (Å²) in [5.74, 6) is 0.712. The van der Waals surface area contributed by atoms with Crippen LogP contribution in [0.1, 0.15) is 25.3 Å². The Morgan fingerprint density at radius 1 is 1.28 bits per heavy atom. The maximum absolute atomic E-state index is 11.9. The van der Waals surface area contributed by atoms with Gasteiger partial charge in [-0.1, -0.05) is 30.9 Å². The smallest absolute Gasteiger partial charge is 0.417 e. The van der Waals surface area contributed by atoms with Crippen molar-refractivity contribution in [3.05, 3.63) is 65.9 Å². The zero-order valence-corrected chi connectivity index (χ0v) is 16.4. The molecule has 1 aromatic carbocycles. The lowest BCUT2D eigenvalue weighted by Crippen LogP contribution is -2.32. The van der Waals surface area contributed by atoms with E-state index in [9.17, 15) is 18.0 Å². The molecule has 0 atom stereocenters. The van der Waals surface area contributed by atoms with Crippen LogP contribution in [0.15, 0.2) is 60.3 Å². The van der Waals surface area contributed by atoms with Gasteiger partial charge in [0.1, 0.15) is 5.75 Å².